The second-order valence-electron chi connectivity index (χ2n) is 16.5. The Kier molecular flexibility index (Phi) is 25.3. The zero-order valence-electron chi connectivity index (χ0n) is 36.4. The fraction of sp³-hybridized carbons (Fsp3) is 0.609. The summed E-state index contributed by atoms with van der Waals surface area (Å²) in [6.07, 6.45) is 10.1. The lowest BCUT2D eigenvalue weighted by molar-refractivity contribution is -0.252. The van der Waals surface area contributed by atoms with Crippen molar-refractivity contribution in [3.63, 3.8) is 0 Å². The minimum atomic E-state index is -2.86. The molecule has 2 heterocycles. The lowest BCUT2D eigenvalue weighted by atomic mass is 9.89. The van der Waals surface area contributed by atoms with Crippen LogP contribution in [-0.4, -0.2) is 147 Å². The van der Waals surface area contributed by atoms with Crippen molar-refractivity contribution in [2.24, 2.45) is 17.6 Å². The highest BCUT2D eigenvalue weighted by Crippen LogP contribution is 2.28. The van der Waals surface area contributed by atoms with Crippen molar-refractivity contribution in [1.82, 2.24) is 0 Å². The number of carbonyl (C=O) groups excluding carboxylic acids is 1. The number of hydrogen-bond acceptors (Lipinski definition) is 16. The van der Waals surface area contributed by atoms with Gasteiger partial charge in [-0.2, -0.15) is 0 Å². The molecule has 2 aliphatic heterocycles. The molecule has 63 heavy (non-hydrogen) atoms. The van der Waals surface area contributed by atoms with E-state index in [9.17, 15) is 65.8 Å². The molecule has 0 spiro atoms. The van der Waals surface area contributed by atoms with Crippen molar-refractivity contribution >= 4 is 11.9 Å². The summed E-state index contributed by atoms with van der Waals surface area (Å²) in [6.45, 7) is 5.20. The van der Waals surface area contributed by atoms with E-state index >= 15 is 0 Å². The number of allylic oxidation sites excluding steroid dienone is 12. The monoisotopic (exact) mass is 893 g/mol. The van der Waals surface area contributed by atoms with Crippen LogP contribution in [0.2, 0.25) is 0 Å². The molecule has 0 radical (unpaired) electrons. The Labute approximate surface area is 369 Å². The maximum atomic E-state index is 12.4. The third kappa shape index (κ3) is 23.1. The molecule has 0 amide bonds. The average molecular weight is 894 g/mol. The van der Waals surface area contributed by atoms with Crippen molar-refractivity contribution in [1.29, 1.82) is 0 Å². The molecule has 1 fully saturated rings. The SMILES string of the molecule is CC1CC(N)C(O)C(OC2/C=C/C=C/C=C/C=C/C=C/C=C/C=C/C(C)C(O)C[C@H](C)OC(=O)CC(O)CC(O)CCC(O)C(O)/C=C(\O)CC(O)(O)C[C@H](O)C(C(=O)O)CC2)O1. The lowest BCUT2D eigenvalue weighted by Gasteiger charge is -2.37. The van der Waals surface area contributed by atoms with Gasteiger partial charge in [-0.15, -0.1) is 0 Å². The van der Waals surface area contributed by atoms with Crippen LogP contribution in [-0.2, 0) is 23.8 Å². The van der Waals surface area contributed by atoms with E-state index in [0.717, 1.165) is 6.08 Å². The second kappa shape index (κ2) is 28.9. The predicted octanol–water partition coefficient (Wildman–Crippen LogP) is 2.17. The number of hydrogen-bond donors (Lipinski definition) is 12. The number of aliphatic hydroxyl groups is 10. The number of esters is 1. The van der Waals surface area contributed by atoms with E-state index in [4.69, 9.17) is 19.9 Å². The molecule has 17 nitrogen and oxygen atoms in total. The van der Waals surface area contributed by atoms with Gasteiger partial charge in [0.2, 0.25) is 0 Å². The molecule has 17 heteroatoms. The van der Waals surface area contributed by atoms with Crippen LogP contribution in [0, 0.1) is 11.8 Å². The Morgan fingerprint density at radius 1 is 0.714 bits per heavy atom. The third-order valence-electron chi connectivity index (χ3n) is 10.5. The van der Waals surface area contributed by atoms with Crippen LogP contribution in [0.4, 0.5) is 0 Å². The fourth-order valence-corrected chi connectivity index (χ4v) is 6.93. The Morgan fingerprint density at radius 2 is 1.29 bits per heavy atom. The molecule has 14 atom stereocenters. The van der Waals surface area contributed by atoms with E-state index in [1.807, 2.05) is 37.3 Å². The molecule has 2 rings (SSSR count). The summed E-state index contributed by atoms with van der Waals surface area (Å²) in [5.41, 5.74) is 6.07. The first-order chi connectivity index (χ1) is 29.7. The summed E-state index contributed by atoms with van der Waals surface area (Å²) in [6, 6.07) is -0.635. The van der Waals surface area contributed by atoms with Gasteiger partial charge in [-0.25, -0.2) is 0 Å². The Balaban J connectivity index is 2.28. The van der Waals surface area contributed by atoms with E-state index in [0.29, 0.717) is 6.42 Å². The van der Waals surface area contributed by atoms with Gasteiger partial charge in [-0.1, -0.05) is 92.0 Å². The number of rotatable bonds is 3. The summed E-state index contributed by atoms with van der Waals surface area (Å²) >= 11 is 0. The molecule has 0 aliphatic carbocycles. The van der Waals surface area contributed by atoms with E-state index in [-0.39, 0.29) is 50.5 Å². The molecule has 0 bridgehead atoms. The van der Waals surface area contributed by atoms with Gasteiger partial charge in [-0.3, -0.25) is 9.59 Å². The van der Waals surface area contributed by atoms with Crippen LogP contribution < -0.4 is 5.73 Å². The number of aliphatic hydroxyl groups excluding tert-OH is 8. The quantitative estimate of drug-likeness (QED) is 0.143. The van der Waals surface area contributed by atoms with Crippen molar-refractivity contribution in [2.45, 2.75) is 164 Å². The van der Waals surface area contributed by atoms with Crippen LogP contribution >= 0.6 is 0 Å². The Hall–Kier alpha value is -3.82. The van der Waals surface area contributed by atoms with Gasteiger partial charge in [0.1, 0.15) is 18.3 Å². The first-order valence-electron chi connectivity index (χ1n) is 21.4. The van der Waals surface area contributed by atoms with Gasteiger partial charge in [0, 0.05) is 24.8 Å². The van der Waals surface area contributed by atoms with Crippen LogP contribution in [0.1, 0.15) is 85.0 Å². The molecule has 0 aromatic heterocycles. The van der Waals surface area contributed by atoms with Crippen LogP contribution in [0.5, 0.6) is 0 Å². The molecular weight excluding hydrogens is 822 g/mol. The van der Waals surface area contributed by atoms with Crippen molar-refractivity contribution < 1.29 is 80.0 Å². The molecule has 0 aromatic rings. The van der Waals surface area contributed by atoms with Gasteiger partial charge >= 0.3 is 11.9 Å². The highest BCUT2D eigenvalue weighted by molar-refractivity contribution is 5.70. The minimum absolute atomic E-state index is 0.0245. The maximum absolute atomic E-state index is 12.4. The molecule has 1 saturated heterocycles. The predicted molar refractivity (Wildman–Crippen MR) is 233 cm³/mol. The van der Waals surface area contributed by atoms with Gasteiger partial charge in [0.25, 0.3) is 0 Å². The molecule has 0 saturated carbocycles. The first kappa shape index (κ1) is 55.3. The first-order valence-corrected chi connectivity index (χ1v) is 21.4. The summed E-state index contributed by atoms with van der Waals surface area (Å²) in [5.74, 6) is -7.67. The minimum Gasteiger partial charge on any atom is -0.512 e. The largest absolute Gasteiger partial charge is 0.512 e. The van der Waals surface area contributed by atoms with E-state index in [1.165, 1.54) is 0 Å². The molecule has 12 unspecified atom stereocenters. The highest BCUT2D eigenvalue weighted by Gasteiger charge is 2.38. The lowest BCUT2D eigenvalue weighted by Crippen LogP contribution is -2.53. The second-order valence-corrected chi connectivity index (χ2v) is 16.5. The van der Waals surface area contributed by atoms with Crippen LogP contribution in [0.3, 0.4) is 0 Å². The topological polar surface area (TPSA) is 310 Å². The molecule has 356 valence electrons. The van der Waals surface area contributed by atoms with E-state index in [1.54, 1.807) is 68.5 Å². The average Bonchev–Trinajstić information content (AvgIpc) is 3.17. The number of carbonyl (C=O) groups is 2. The van der Waals surface area contributed by atoms with Crippen molar-refractivity contribution in [2.75, 3.05) is 0 Å². The number of ether oxygens (including phenoxy) is 3. The van der Waals surface area contributed by atoms with Crippen molar-refractivity contribution in [3.05, 3.63) is 96.9 Å². The molecular formula is C46H71NO16. The third-order valence-corrected chi connectivity index (χ3v) is 10.5. The maximum Gasteiger partial charge on any atom is 0.309 e. The van der Waals surface area contributed by atoms with Gasteiger partial charge < -0.3 is 76.1 Å². The number of aliphatic carboxylic acids is 1. The zero-order chi connectivity index (χ0) is 47.1. The Morgan fingerprint density at radius 3 is 1.87 bits per heavy atom. The summed E-state index contributed by atoms with van der Waals surface area (Å²) in [5, 5.41) is 116. The van der Waals surface area contributed by atoms with Crippen LogP contribution in [0.25, 0.3) is 0 Å². The summed E-state index contributed by atoms with van der Waals surface area (Å²) in [7, 11) is 0. The normalized spacial score (nSPS) is 40.5. The zero-order valence-corrected chi connectivity index (χ0v) is 36.4. The molecule has 2 aliphatic rings. The Bertz CT molecular complexity index is 1600. The van der Waals surface area contributed by atoms with Gasteiger partial charge in [0.15, 0.2) is 12.1 Å². The number of nitrogens with two attached hydrogens (primary N) is 1. The smallest absolute Gasteiger partial charge is 0.309 e. The fourth-order valence-electron chi connectivity index (χ4n) is 6.93. The summed E-state index contributed by atoms with van der Waals surface area (Å²) < 4.78 is 17.1. The van der Waals surface area contributed by atoms with E-state index < -0.39 is 116 Å². The summed E-state index contributed by atoms with van der Waals surface area (Å²) in [4.78, 5) is 24.7. The van der Waals surface area contributed by atoms with Gasteiger partial charge in [0.05, 0.1) is 67.2 Å². The van der Waals surface area contributed by atoms with E-state index in [2.05, 4.69) is 0 Å². The number of carboxylic acids is 1. The van der Waals surface area contributed by atoms with Gasteiger partial charge in [-0.05, 0) is 58.4 Å². The molecule has 0 aromatic carbocycles. The standard InChI is InChI=1S/C46H71NO16/c1-29-16-14-12-10-8-6-4-5-7-9-11-13-15-17-35(63-45-43(56)37(47)22-30(2)62-45)19-20-36(44(57)58)41(54)28-46(59,60)27-34(50)25-40(53)38(51)21-18-32(48)24-33(49)26-42(55)61-31(3)23-39(29)52/h4-17,25,29-33,35-41,43,45,48-54,56,59-60H,18-24,26-28,47H2,1-3H3,(H,57,58)/b5-4+,8-6+,9-7+,12-10+,13-11+,16-14+,17-15+,34-25-/t29?,30?,31-,32?,33?,35?,36?,37?,38?,39?,40?,41-,43?,45?/m0/s1. The number of cyclic esters (lactones) is 1. The van der Waals surface area contributed by atoms with Crippen LogP contribution in [0.15, 0.2) is 96.9 Å². The molecule has 13 N–H and O–H groups in total. The van der Waals surface area contributed by atoms with Crippen molar-refractivity contribution in [3.8, 4) is 0 Å². The highest BCUT2D eigenvalue weighted by atomic mass is 16.7. The number of carboxylic acid groups (broad SMARTS) is 1.